The zero-order valence-corrected chi connectivity index (χ0v) is 28.2. The summed E-state index contributed by atoms with van der Waals surface area (Å²) in [5.41, 5.74) is 3.06. The number of ether oxygens (including phenoxy) is 1. The van der Waals surface area contributed by atoms with Crippen molar-refractivity contribution in [3.8, 4) is 17.0 Å². The van der Waals surface area contributed by atoms with Crippen molar-refractivity contribution in [2.75, 3.05) is 69.2 Å². The summed E-state index contributed by atoms with van der Waals surface area (Å²) in [6, 6.07) is 12.1. The summed E-state index contributed by atoms with van der Waals surface area (Å²) >= 11 is 0. The van der Waals surface area contributed by atoms with Crippen LogP contribution in [0.1, 0.15) is 71.1 Å². The normalized spacial score (nSPS) is 31.1. The molecule has 1 unspecified atom stereocenters. The van der Waals surface area contributed by atoms with Gasteiger partial charge in [-0.2, -0.15) is 0 Å². The molecule has 10 nitrogen and oxygen atoms in total. The van der Waals surface area contributed by atoms with Gasteiger partial charge >= 0.3 is 5.97 Å². The average Bonchev–Trinajstić information content (AvgIpc) is 3.10. The maximum absolute atomic E-state index is 12.2. The number of phenolic OH excluding ortho intramolecular Hbond substituents is 1. The van der Waals surface area contributed by atoms with Gasteiger partial charge < -0.3 is 29.9 Å². The van der Waals surface area contributed by atoms with E-state index in [1.807, 2.05) is 25.1 Å². The minimum absolute atomic E-state index is 0.0382. The van der Waals surface area contributed by atoms with Crippen LogP contribution in [0.25, 0.3) is 11.3 Å². The Kier molecular flexibility index (Phi) is 8.77. The molecule has 5 heterocycles. The van der Waals surface area contributed by atoms with Gasteiger partial charge in [0, 0.05) is 49.9 Å². The molecule has 254 valence electrons. The monoisotopic (exact) mass is 643 g/mol. The van der Waals surface area contributed by atoms with Gasteiger partial charge in [-0.15, -0.1) is 10.2 Å². The fourth-order valence-electron chi connectivity index (χ4n) is 10.0. The number of esters is 1. The van der Waals surface area contributed by atoms with Gasteiger partial charge in [0.25, 0.3) is 0 Å². The lowest BCUT2D eigenvalue weighted by Crippen LogP contribution is -2.61. The first-order valence-corrected chi connectivity index (χ1v) is 18.5. The Hall–Kier alpha value is -2.95. The lowest BCUT2D eigenvalue weighted by Gasteiger charge is -2.56. The van der Waals surface area contributed by atoms with Crippen LogP contribution in [-0.2, 0) is 9.53 Å². The number of hydrogen-bond donors (Lipinski definition) is 2. The fraction of sp³-hybridized carbons (Fsp3) is 0.703. The number of aromatic hydroxyl groups is 1. The molecule has 0 bridgehead atoms. The lowest BCUT2D eigenvalue weighted by atomic mass is 9.56. The number of benzene rings is 1. The van der Waals surface area contributed by atoms with Crippen LogP contribution in [0.3, 0.4) is 0 Å². The average molecular weight is 644 g/mol. The largest absolute Gasteiger partial charge is 0.507 e. The number of likely N-dealkylation sites (tertiary alicyclic amines) is 2. The van der Waals surface area contributed by atoms with Crippen molar-refractivity contribution in [1.29, 1.82) is 0 Å². The molecule has 1 aromatic carbocycles. The Balaban J connectivity index is 0.782. The van der Waals surface area contributed by atoms with Crippen molar-refractivity contribution in [1.82, 2.24) is 24.9 Å². The van der Waals surface area contributed by atoms with E-state index in [4.69, 9.17) is 4.74 Å². The van der Waals surface area contributed by atoms with Gasteiger partial charge in [-0.3, -0.25) is 9.69 Å². The number of aromatic nitrogens is 2. The van der Waals surface area contributed by atoms with Gasteiger partial charge in [-0.25, -0.2) is 0 Å². The molecule has 0 radical (unpaired) electrons. The summed E-state index contributed by atoms with van der Waals surface area (Å²) in [6.45, 7) is 11.4. The first kappa shape index (κ1) is 31.3. The quantitative estimate of drug-likeness (QED) is 0.435. The standard InChI is InChI=1S/C37H53N7O3/c1-2-47-36(46)26-7-13-37(14-8-26)22-29(23-37)42-17-9-27(10-18-42)41-15-11-28(12-16-41)43-19-20-44-30(25-43)24-38-35-33(44)21-32(39-40-35)31-5-3-4-6-34(31)45/h3-6,21,26-30,45H,2,7-20,22-25H2,1H3,(H,38,40). The molecule has 0 amide bonds. The highest BCUT2D eigenvalue weighted by atomic mass is 16.5. The molecule has 4 aliphatic heterocycles. The Morgan fingerprint density at radius 1 is 0.872 bits per heavy atom. The van der Waals surface area contributed by atoms with E-state index in [9.17, 15) is 9.90 Å². The molecule has 2 saturated carbocycles. The van der Waals surface area contributed by atoms with Crippen LogP contribution < -0.4 is 10.2 Å². The highest BCUT2D eigenvalue weighted by molar-refractivity contribution is 5.76. The second-order valence-corrected chi connectivity index (χ2v) is 15.3. The second kappa shape index (κ2) is 13.2. The van der Waals surface area contributed by atoms with Crippen molar-refractivity contribution in [2.45, 2.75) is 95.3 Å². The van der Waals surface area contributed by atoms with Crippen LogP contribution in [0, 0.1) is 11.3 Å². The molecule has 2 aromatic rings. The zero-order valence-electron chi connectivity index (χ0n) is 28.2. The Morgan fingerprint density at radius 3 is 2.26 bits per heavy atom. The van der Waals surface area contributed by atoms with E-state index >= 15 is 0 Å². The molecular formula is C37H53N7O3. The molecule has 3 saturated heterocycles. The minimum Gasteiger partial charge on any atom is -0.507 e. The zero-order chi connectivity index (χ0) is 32.0. The summed E-state index contributed by atoms with van der Waals surface area (Å²) in [5.74, 6) is 1.27. The Morgan fingerprint density at radius 2 is 1.55 bits per heavy atom. The molecule has 1 aromatic heterocycles. The molecule has 1 atom stereocenters. The van der Waals surface area contributed by atoms with Gasteiger partial charge in [0.15, 0.2) is 5.82 Å². The van der Waals surface area contributed by atoms with Crippen LogP contribution in [0.5, 0.6) is 5.75 Å². The van der Waals surface area contributed by atoms with Gasteiger partial charge in [0.05, 0.1) is 29.9 Å². The summed E-state index contributed by atoms with van der Waals surface area (Å²) in [6.07, 6.45) is 12.4. The van der Waals surface area contributed by atoms with Crippen molar-refractivity contribution in [3.05, 3.63) is 30.3 Å². The predicted molar refractivity (Wildman–Crippen MR) is 184 cm³/mol. The third-order valence-corrected chi connectivity index (χ3v) is 12.8. The molecule has 8 rings (SSSR count). The van der Waals surface area contributed by atoms with Gasteiger partial charge in [-0.1, -0.05) is 12.1 Å². The molecule has 10 heteroatoms. The van der Waals surface area contributed by atoms with Crippen LogP contribution >= 0.6 is 0 Å². The number of para-hydroxylation sites is 1. The summed E-state index contributed by atoms with van der Waals surface area (Å²) in [4.78, 5) is 23.1. The Bertz CT molecular complexity index is 1410. The molecule has 2 N–H and O–H groups in total. The number of hydrogen-bond acceptors (Lipinski definition) is 10. The number of nitrogens with one attached hydrogen (secondary N) is 1. The number of nitrogens with zero attached hydrogens (tertiary/aromatic N) is 6. The van der Waals surface area contributed by atoms with E-state index in [0.29, 0.717) is 24.1 Å². The molecule has 47 heavy (non-hydrogen) atoms. The van der Waals surface area contributed by atoms with E-state index in [1.54, 1.807) is 6.07 Å². The lowest BCUT2D eigenvalue weighted by molar-refractivity contribution is -0.151. The second-order valence-electron chi connectivity index (χ2n) is 15.3. The van der Waals surface area contributed by atoms with Crippen LogP contribution in [0.15, 0.2) is 30.3 Å². The number of anilines is 2. The smallest absolute Gasteiger partial charge is 0.308 e. The molecule has 1 spiro atoms. The number of fused-ring (bicyclic) bond motifs is 3. The topological polar surface area (TPSA) is 97.3 Å². The summed E-state index contributed by atoms with van der Waals surface area (Å²) in [7, 11) is 0. The maximum Gasteiger partial charge on any atom is 0.308 e. The number of carbonyl (C=O) groups excluding carboxylic acids is 1. The fourth-order valence-corrected chi connectivity index (χ4v) is 10.0. The molecular weight excluding hydrogens is 590 g/mol. The van der Waals surface area contributed by atoms with Crippen molar-refractivity contribution < 1.29 is 14.6 Å². The number of rotatable bonds is 6. The third kappa shape index (κ3) is 6.21. The van der Waals surface area contributed by atoms with Crippen LogP contribution in [-0.4, -0.2) is 119 Å². The SMILES string of the molecule is CCOC(=O)C1CCC2(CC1)CC(N1CCC(N3CCC(N4CCN5c6cc(-c7ccccc7O)nnc6NCC5C4)CC3)CC1)C2. The minimum atomic E-state index is 0.0382. The molecule has 5 fully saturated rings. The first-order chi connectivity index (χ1) is 23.0. The van der Waals surface area contributed by atoms with Crippen molar-refractivity contribution in [3.63, 3.8) is 0 Å². The van der Waals surface area contributed by atoms with Gasteiger partial charge in [0.1, 0.15) is 5.75 Å². The highest BCUT2D eigenvalue weighted by Crippen LogP contribution is 2.54. The summed E-state index contributed by atoms with van der Waals surface area (Å²) in [5, 5.41) is 22.8. The Labute approximate surface area is 279 Å². The highest BCUT2D eigenvalue weighted by Gasteiger charge is 2.49. The van der Waals surface area contributed by atoms with Crippen molar-refractivity contribution in [2.24, 2.45) is 11.3 Å². The predicted octanol–water partition coefficient (Wildman–Crippen LogP) is 4.60. The van der Waals surface area contributed by atoms with E-state index in [1.165, 1.54) is 77.5 Å². The molecule has 2 aliphatic carbocycles. The maximum atomic E-state index is 12.2. The van der Waals surface area contributed by atoms with Crippen molar-refractivity contribution >= 4 is 17.5 Å². The van der Waals surface area contributed by atoms with E-state index in [2.05, 4.69) is 41.2 Å². The van der Waals surface area contributed by atoms with E-state index in [-0.39, 0.29) is 17.6 Å². The number of piperazine rings is 1. The van der Waals surface area contributed by atoms with Gasteiger partial charge in [0.2, 0.25) is 0 Å². The van der Waals surface area contributed by atoms with Crippen LogP contribution in [0.4, 0.5) is 11.5 Å². The summed E-state index contributed by atoms with van der Waals surface area (Å²) < 4.78 is 5.29. The van der Waals surface area contributed by atoms with E-state index < -0.39 is 0 Å². The van der Waals surface area contributed by atoms with E-state index in [0.717, 1.165) is 73.9 Å². The third-order valence-electron chi connectivity index (χ3n) is 12.8. The first-order valence-electron chi connectivity index (χ1n) is 18.5. The van der Waals surface area contributed by atoms with Crippen LogP contribution in [0.2, 0.25) is 0 Å². The number of carbonyl (C=O) groups is 1. The number of phenols is 1. The number of piperidine rings is 2. The molecule has 6 aliphatic rings. The van der Waals surface area contributed by atoms with Gasteiger partial charge in [-0.05, 0) is 121 Å².